The van der Waals surface area contributed by atoms with Gasteiger partial charge in [-0.15, -0.1) is 0 Å². The largest absolute Gasteiger partial charge is 0.493 e. The van der Waals surface area contributed by atoms with Crippen molar-refractivity contribution >= 4 is 0 Å². The standard InChI is InChI=1S/C22H28N2O3/c1-26-18-8-7-15(13-19(18)27-2)14-24-20-16-5-3-4-6-17(16)22(21(20)25)9-11-23-12-10-22/h3-8,13,20-21,23-25H,9-12,14H2,1-2H3/t20-,21+/m0/s1. The molecule has 1 fully saturated rings. The third kappa shape index (κ3) is 3.10. The Morgan fingerprint density at radius 1 is 1.07 bits per heavy atom. The number of methoxy groups -OCH3 is 2. The zero-order chi connectivity index (χ0) is 18.9. The second kappa shape index (κ2) is 7.50. The second-order valence-corrected chi connectivity index (χ2v) is 7.49. The third-order valence-corrected chi connectivity index (χ3v) is 6.18. The molecule has 144 valence electrons. The highest BCUT2D eigenvalue weighted by molar-refractivity contribution is 5.46. The molecule has 0 saturated carbocycles. The number of fused-ring (bicyclic) bond motifs is 2. The van der Waals surface area contributed by atoms with E-state index in [4.69, 9.17) is 9.47 Å². The van der Waals surface area contributed by atoms with E-state index in [0.717, 1.165) is 43.0 Å². The van der Waals surface area contributed by atoms with E-state index in [9.17, 15) is 5.11 Å². The molecule has 0 bridgehead atoms. The maximum absolute atomic E-state index is 11.3. The van der Waals surface area contributed by atoms with Crippen molar-refractivity contribution in [2.75, 3.05) is 27.3 Å². The normalized spacial score (nSPS) is 23.2. The molecule has 1 saturated heterocycles. The van der Waals surface area contributed by atoms with Crippen LogP contribution >= 0.6 is 0 Å². The summed E-state index contributed by atoms with van der Waals surface area (Å²) >= 11 is 0. The highest BCUT2D eigenvalue weighted by atomic mass is 16.5. The first-order valence-corrected chi connectivity index (χ1v) is 9.62. The quantitative estimate of drug-likeness (QED) is 0.757. The Morgan fingerprint density at radius 3 is 2.56 bits per heavy atom. The van der Waals surface area contributed by atoms with Gasteiger partial charge >= 0.3 is 0 Å². The molecule has 2 aromatic rings. The van der Waals surface area contributed by atoms with E-state index < -0.39 is 6.10 Å². The molecule has 4 rings (SSSR count). The lowest BCUT2D eigenvalue weighted by molar-refractivity contribution is 0.0438. The summed E-state index contributed by atoms with van der Waals surface area (Å²) in [6.07, 6.45) is 1.52. The van der Waals surface area contributed by atoms with Gasteiger partial charge in [-0.25, -0.2) is 0 Å². The van der Waals surface area contributed by atoms with Crippen LogP contribution < -0.4 is 20.1 Å². The summed E-state index contributed by atoms with van der Waals surface area (Å²) in [6.45, 7) is 2.56. The van der Waals surface area contributed by atoms with Crippen molar-refractivity contribution in [1.29, 1.82) is 0 Å². The fourth-order valence-electron chi connectivity index (χ4n) is 4.75. The fraction of sp³-hybridized carbons (Fsp3) is 0.455. The topological polar surface area (TPSA) is 62.8 Å². The average Bonchev–Trinajstić information content (AvgIpc) is 2.95. The van der Waals surface area contributed by atoms with Gasteiger partial charge in [-0.3, -0.25) is 0 Å². The van der Waals surface area contributed by atoms with Crippen molar-refractivity contribution in [1.82, 2.24) is 10.6 Å². The van der Waals surface area contributed by atoms with Crippen molar-refractivity contribution in [3.63, 3.8) is 0 Å². The number of rotatable bonds is 5. The molecule has 0 aromatic heterocycles. The minimum Gasteiger partial charge on any atom is -0.493 e. The smallest absolute Gasteiger partial charge is 0.161 e. The fourth-order valence-corrected chi connectivity index (χ4v) is 4.75. The summed E-state index contributed by atoms with van der Waals surface area (Å²) in [5, 5.41) is 18.3. The van der Waals surface area contributed by atoms with Crippen LogP contribution in [0.2, 0.25) is 0 Å². The van der Waals surface area contributed by atoms with Gasteiger partial charge in [0.05, 0.1) is 26.4 Å². The first kappa shape index (κ1) is 18.3. The number of piperidine rings is 1. The minimum absolute atomic E-state index is 0.0626. The molecule has 1 heterocycles. The monoisotopic (exact) mass is 368 g/mol. The van der Waals surface area contributed by atoms with E-state index in [0.29, 0.717) is 6.54 Å². The van der Waals surface area contributed by atoms with Gasteiger partial charge in [0.15, 0.2) is 11.5 Å². The van der Waals surface area contributed by atoms with Crippen LogP contribution in [0.3, 0.4) is 0 Å². The van der Waals surface area contributed by atoms with Gasteiger partial charge in [-0.05, 0) is 54.8 Å². The van der Waals surface area contributed by atoms with Gasteiger partial charge in [-0.1, -0.05) is 30.3 Å². The molecule has 0 amide bonds. The summed E-state index contributed by atoms with van der Waals surface area (Å²) in [5.41, 5.74) is 3.50. The van der Waals surface area contributed by atoms with Crippen molar-refractivity contribution in [2.45, 2.75) is 36.9 Å². The lowest BCUT2D eigenvalue weighted by Gasteiger charge is -2.39. The van der Waals surface area contributed by atoms with Crippen LogP contribution in [0.5, 0.6) is 11.5 Å². The Balaban J connectivity index is 1.57. The molecule has 1 spiro atoms. The zero-order valence-corrected chi connectivity index (χ0v) is 16.0. The number of hydrogen-bond acceptors (Lipinski definition) is 5. The van der Waals surface area contributed by atoms with Crippen LogP contribution in [0, 0.1) is 0 Å². The number of aliphatic hydroxyl groups excluding tert-OH is 1. The van der Waals surface area contributed by atoms with Crippen molar-refractivity contribution in [3.8, 4) is 11.5 Å². The van der Waals surface area contributed by atoms with Gasteiger partial charge in [0.25, 0.3) is 0 Å². The number of hydrogen-bond donors (Lipinski definition) is 3. The molecule has 5 nitrogen and oxygen atoms in total. The zero-order valence-electron chi connectivity index (χ0n) is 16.0. The Kier molecular flexibility index (Phi) is 5.08. The predicted molar refractivity (Wildman–Crippen MR) is 105 cm³/mol. The maximum atomic E-state index is 11.3. The van der Waals surface area contributed by atoms with Gasteiger partial charge in [-0.2, -0.15) is 0 Å². The molecule has 2 aromatic carbocycles. The molecule has 0 radical (unpaired) electrons. The summed E-state index contributed by atoms with van der Waals surface area (Å²) in [5.74, 6) is 1.44. The molecule has 1 aliphatic carbocycles. The van der Waals surface area contributed by atoms with E-state index in [1.165, 1.54) is 11.1 Å². The van der Waals surface area contributed by atoms with E-state index in [1.807, 2.05) is 18.2 Å². The van der Waals surface area contributed by atoms with Gasteiger partial charge in [0.2, 0.25) is 0 Å². The molecule has 3 N–H and O–H groups in total. The Bertz CT molecular complexity index is 802. The van der Waals surface area contributed by atoms with Crippen LogP contribution in [-0.4, -0.2) is 38.5 Å². The Morgan fingerprint density at radius 2 is 1.81 bits per heavy atom. The molecule has 2 atom stereocenters. The summed E-state index contributed by atoms with van der Waals surface area (Å²) in [6, 6.07) is 14.4. The minimum atomic E-state index is -0.419. The van der Waals surface area contributed by atoms with Crippen LogP contribution in [-0.2, 0) is 12.0 Å². The number of ether oxygens (including phenoxy) is 2. The number of benzene rings is 2. The lowest BCUT2D eigenvalue weighted by Crippen LogP contribution is -2.47. The number of aliphatic hydroxyl groups is 1. The first-order valence-electron chi connectivity index (χ1n) is 9.62. The van der Waals surface area contributed by atoms with Crippen LogP contribution in [0.4, 0.5) is 0 Å². The van der Waals surface area contributed by atoms with Crippen molar-refractivity contribution < 1.29 is 14.6 Å². The van der Waals surface area contributed by atoms with Crippen LogP contribution in [0.1, 0.15) is 35.6 Å². The van der Waals surface area contributed by atoms with Crippen LogP contribution in [0.25, 0.3) is 0 Å². The average molecular weight is 368 g/mol. The van der Waals surface area contributed by atoms with Gasteiger partial charge < -0.3 is 25.2 Å². The highest BCUT2D eigenvalue weighted by Crippen LogP contribution is 2.50. The van der Waals surface area contributed by atoms with Crippen molar-refractivity contribution in [2.24, 2.45) is 0 Å². The van der Waals surface area contributed by atoms with E-state index in [1.54, 1.807) is 14.2 Å². The number of nitrogens with one attached hydrogen (secondary N) is 2. The van der Waals surface area contributed by atoms with E-state index >= 15 is 0 Å². The lowest BCUT2D eigenvalue weighted by atomic mass is 9.72. The molecular formula is C22H28N2O3. The maximum Gasteiger partial charge on any atom is 0.161 e. The Hall–Kier alpha value is -2.08. The van der Waals surface area contributed by atoms with Gasteiger partial charge in [0.1, 0.15) is 0 Å². The molecular weight excluding hydrogens is 340 g/mol. The molecule has 27 heavy (non-hydrogen) atoms. The van der Waals surface area contributed by atoms with Crippen LogP contribution in [0.15, 0.2) is 42.5 Å². The second-order valence-electron chi connectivity index (χ2n) is 7.49. The van der Waals surface area contributed by atoms with E-state index in [2.05, 4.69) is 34.9 Å². The highest BCUT2D eigenvalue weighted by Gasteiger charge is 2.51. The summed E-state index contributed by atoms with van der Waals surface area (Å²) in [7, 11) is 3.28. The summed E-state index contributed by atoms with van der Waals surface area (Å²) < 4.78 is 10.7. The molecule has 1 aliphatic heterocycles. The van der Waals surface area contributed by atoms with Crippen molar-refractivity contribution in [3.05, 3.63) is 59.2 Å². The SMILES string of the molecule is COc1ccc(CN[C@H]2c3ccccc3C3(CCNCC3)[C@@H]2O)cc1OC. The first-order chi connectivity index (χ1) is 13.2. The predicted octanol–water partition coefficient (Wildman–Crippen LogP) is 2.53. The third-order valence-electron chi connectivity index (χ3n) is 6.18. The molecule has 0 unspecified atom stereocenters. The summed E-state index contributed by atoms with van der Waals surface area (Å²) in [4.78, 5) is 0. The Labute approximate surface area is 160 Å². The molecule has 2 aliphatic rings. The van der Waals surface area contributed by atoms with Gasteiger partial charge in [0, 0.05) is 12.0 Å². The molecule has 5 heteroatoms. The van der Waals surface area contributed by atoms with E-state index in [-0.39, 0.29) is 11.5 Å².